The number of carbonyl (C=O) groups is 1. The Balaban J connectivity index is 1.88. The van der Waals surface area contributed by atoms with Gasteiger partial charge < -0.3 is 10.0 Å². The maximum absolute atomic E-state index is 11.3. The Bertz CT molecular complexity index is 644. The first kappa shape index (κ1) is 13.1. The number of carboxylic acid groups (broad SMARTS) is 1. The highest BCUT2D eigenvalue weighted by atomic mass is 35.5. The second-order valence-corrected chi connectivity index (χ2v) is 5.21. The highest BCUT2D eigenvalue weighted by molar-refractivity contribution is 6.28. The molecule has 1 fully saturated rings. The minimum atomic E-state index is -0.876. The standard InChI is InChI=1S/C12H14ClN5O2/c13-11-14-5-8-6-15-18(10(8)16-11)7-9-3-1-2-4-17(9)12(19)20/h5-6,9H,1-4,7H2,(H,19,20). The highest BCUT2D eigenvalue weighted by Crippen LogP contribution is 2.20. The van der Waals surface area contributed by atoms with Gasteiger partial charge in [-0.1, -0.05) is 0 Å². The van der Waals surface area contributed by atoms with Crippen LogP contribution in [0, 0.1) is 0 Å². The first-order chi connectivity index (χ1) is 9.65. The molecule has 0 spiro atoms. The lowest BCUT2D eigenvalue weighted by atomic mass is 10.0. The Hall–Kier alpha value is -1.89. The summed E-state index contributed by atoms with van der Waals surface area (Å²) in [4.78, 5) is 20.8. The Morgan fingerprint density at radius 2 is 2.30 bits per heavy atom. The van der Waals surface area contributed by atoms with Crippen molar-refractivity contribution in [3.8, 4) is 0 Å². The molecule has 0 radical (unpaired) electrons. The van der Waals surface area contributed by atoms with Crippen molar-refractivity contribution in [2.75, 3.05) is 6.54 Å². The fourth-order valence-electron chi connectivity index (χ4n) is 2.62. The van der Waals surface area contributed by atoms with Gasteiger partial charge in [0.15, 0.2) is 5.65 Å². The van der Waals surface area contributed by atoms with Crippen molar-refractivity contribution in [3.63, 3.8) is 0 Å². The van der Waals surface area contributed by atoms with Gasteiger partial charge in [0.2, 0.25) is 5.28 Å². The monoisotopic (exact) mass is 295 g/mol. The molecule has 1 unspecified atom stereocenters. The van der Waals surface area contributed by atoms with E-state index in [4.69, 9.17) is 11.6 Å². The summed E-state index contributed by atoms with van der Waals surface area (Å²) < 4.78 is 1.70. The molecule has 1 atom stereocenters. The first-order valence-corrected chi connectivity index (χ1v) is 6.86. The largest absolute Gasteiger partial charge is 0.465 e. The molecule has 0 saturated carbocycles. The number of hydrogen-bond acceptors (Lipinski definition) is 4. The zero-order chi connectivity index (χ0) is 14.1. The predicted octanol–water partition coefficient (Wildman–Crippen LogP) is 2.01. The quantitative estimate of drug-likeness (QED) is 0.857. The molecule has 8 heteroatoms. The third kappa shape index (κ3) is 2.40. The van der Waals surface area contributed by atoms with Crippen molar-refractivity contribution in [1.29, 1.82) is 0 Å². The Labute approximate surface area is 120 Å². The SMILES string of the molecule is O=C(O)N1CCCCC1Cn1ncc2cnc(Cl)nc21. The van der Waals surface area contributed by atoms with Crippen LogP contribution in [0.5, 0.6) is 0 Å². The van der Waals surface area contributed by atoms with E-state index in [9.17, 15) is 9.90 Å². The number of hydrogen-bond donors (Lipinski definition) is 1. The summed E-state index contributed by atoms with van der Waals surface area (Å²) in [5, 5.41) is 14.5. The van der Waals surface area contributed by atoms with Crippen molar-refractivity contribution < 1.29 is 9.90 Å². The van der Waals surface area contributed by atoms with Gasteiger partial charge in [0.25, 0.3) is 0 Å². The van der Waals surface area contributed by atoms with Gasteiger partial charge in [-0.3, -0.25) is 0 Å². The number of aromatic nitrogens is 4. The Kier molecular flexibility index (Phi) is 3.43. The minimum Gasteiger partial charge on any atom is -0.465 e. The average Bonchev–Trinajstić information content (AvgIpc) is 2.82. The number of nitrogens with zero attached hydrogens (tertiary/aromatic N) is 5. The number of amides is 1. The van der Waals surface area contributed by atoms with E-state index in [1.54, 1.807) is 17.1 Å². The van der Waals surface area contributed by atoms with Crippen molar-refractivity contribution in [2.45, 2.75) is 31.8 Å². The molecular weight excluding hydrogens is 282 g/mol. The molecule has 1 saturated heterocycles. The van der Waals surface area contributed by atoms with Gasteiger partial charge in [-0.15, -0.1) is 0 Å². The molecule has 1 amide bonds. The van der Waals surface area contributed by atoms with E-state index >= 15 is 0 Å². The van der Waals surface area contributed by atoms with Gasteiger partial charge >= 0.3 is 6.09 Å². The minimum absolute atomic E-state index is 0.0712. The molecule has 20 heavy (non-hydrogen) atoms. The molecule has 2 aromatic heterocycles. The summed E-state index contributed by atoms with van der Waals surface area (Å²) in [6, 6.07) is -0.0712. The molecule has 3 heterocycles. The number of piperidine rings is 1. The maximum atomic E-state index is 11.3. The number of rotatable bonds is 2. The maximum Gasteiger partial charge on any atom is 0.407 e. The number of likely N-dealkylation sites (tertiary alicyclic amines) is 1. The third-order valence-electron chi connectivity index (χ3n) is 3.60. The van der Waals surface area contributed by atoms with Crippen LogP contribution in [0.15, 0.2) is 12.4 Å². The van der Waals surface area contributed by atoms with Crippen LogP contribution in [0.4, 0.5) is 4.79 Å². The lowest BCUT2D eigenvalue weighted by molar-refractivity contribution is 0.0991. The first-order valence-electron chi connectivity index (χ1n) is 6.49. The topological polar surface area (TPSA) is 84.1 Å². The van der Waals surface area contributed by atoms with Gasteiger partial charge in [-0.25, -0.2) is 14.5 Å². The summed E-state index contributed by atoms with van der Waals surface area (Å²) in [7, 11) is 0. The van der Waals surface area contributed by atoms with Crippen LogP contribution in [0.2, 0.25) is 5.28 Å². The Morgan fingerprint density at radius 1 is 1.45 bits per heavy atom. The summed E-state index contributed by atoms with van der Waals surface area (Å²) >= 11 is 5.80. The van der Waals surface area contributed by atoms with Crippen LogP contribution in [0.3, 0.4) is 0 Å². The van der Waals surface area contributed by atoms with E-state index < -0.39 is 6.09 Å². The molecule has 1 aliphatic rings. The lowest BCUT2D eigenvalue weighted by Gasteiger charge is -2.33. The zero-order valence-corrected chi connectivity index (χ0v) is 11.5. The van der Waals surface area contributed by atoms with Crippen LogP contribution >= 0.6 is 11.6 Å². The molecule has 106 valence electrons. The number of fused-ring (bicyclic) bond motifs is 1. The summed E-state index contributed by atoms with van der Waals surface area (Å²) in [6.45, 7) is 1.07. The van der Waals surface area contributed by atoms with E-state index in [1.807, 2.05) is 0 Å². The fraction of sp³-hybridized carbons (Fsp3) is 0.500. The normalized spacial score (nSPS) is 19.4. The summed E-state index contributed by atoms with van der Waals surface area (Å²) in [5.41, 5.74) is 0.640. The van der Waals surface area contributed by atoms with E-state index in [-0.39, 0.29) is 11.3 Å². The summed E-state index contributed by atoms with van der Waals surface area (Å²) in [6.07, 6.45) is 5.19. The smallest absolute Gasteiger partial charge is 0.407 e. The lowest BCUT2D eigenvalue weighted by Crippen LogP contribution is -2.45. The molecular formula is C12H14ClN5O2. The van der Waals surface area contributed by atoms with Gasteiger partial charge in [-0.05, 0) is 30.9 Å². The van der Waals surface area contributed by atoms with Crippen LogP contribution in [0.25, 0.3) is 11.0 Å². The van der Waals surface area contributed by atoms with Crippen LogP contribution in [-0.4, -0.2) is 48.4 Å². The fourth-order valence-corrected chi connectivity index (χ4v) is 2.75. The van der Waals surface area contributed by atoms with Gasteiger partial charge in [0.05, 0.1) is 24.2 Å². The third-order valence-corrected chi connectivity index (χ3v) is 3.79. The second-order valence-electron chi connectivity index (χ2n) is 4.87. The molecule has 0 aromatic carbocycles. The molecule has 7 nitrogen and oxygen atoms in total. The van der Waals surface area contributed by atoms with Gasteiger partial charge in [0, 0.05) is 12.7 Å². The van der Waals surface area contributed by atoms with Gasteiger partial charge in [-0.2, -0.15) is 10.1 Å². The average molecular weight is 296 g/mol. The zero-order valence-electron chi connectivity index (χ0n) is 10.7. The molecule has 3 rings (SSSR count). The highest BCUT2D eigenvalue weighted by Gasteiger charge is 2.27. The van der Waals surface area contributed by atoms with Crippen molar-refractivity contribution in [3.05, 3.63) is 17.7 Å². The van der Waals surface area contributed by atoms with Crippen LogP contribution in [0.1, 0.15) is 19.3 Å². The summed E-state index contributed by atoms with van der Waals surface area (Å²) in [5.74, 6) is 0. The van der Waals surface area contributed by atoms with Crippen LogP contribution in [-0.2, 0) is 6.54 Å². The van der Waals surface area contributed by atoms with Crippen LogP contribution < -0.4 is 0 Å². The van der Waals surface area contributed by atoms with Crippen molar-refractivity contribution in [1.82, 2.24) is 24.6 Å². The second kappa shape index (κ2) is 5.24. The van der Waals surface area contributed by atoms with Crippen molar-refractivity contribution >= 4 is 28.7 Å². The van der Waals surface area contributed by atoms with E-state index in [1.165, 1.54) is 4.90 Å². The predicted molar refractivity (Wildman–Crippen MR) is 72.7 cm³/mol. The molecule has 0 aliphatic carbocycles. The molecule has 2 aromatic rings. The van der Waals surface area contributed by atoms with E-state index in [0.717, 1.165) is 24.6 Å². The molecule has 0 bridgehead atoms. The number of halogens is 1. The molecule has 1 N–H and O–H groups in total. The van der Waals surface area contributed by atoms with Gasteiger partial charge in [0.1, 0.15) is 0 Å². The van der Waals surface area contributed by atoms with E-state index in [0.29, 0.717) is 18.7 Å². The Morgan fingerprint density at radius 3 is 3.10 bits per heavy atom. The molecule has 1 aliphatic heterocycles. The van der Waals surface area contributed by atoms with Crippen molar-refractivity contribution in [2.24, 2.45) is 0 Å². The van der Waals surface area contributed by atoms with E-state index in [2.05, 4.69) is 15.1 Å².